The van der Waals surface area contributed by atoms with Crippen LogP contribution in [0.1, 0.15) is 11.1 Å². The van der Waals surface area contributed by atoms with Crippen LogP contribution in [0, 0.1) is 6.92 Å². The number of hydrogen-bond donors (Lipinski definition) is 0. The van der Waals surface area contributed by atoms with E-state index in [-0.39, 0.29) is 0 Å². The summed E-state index contributed by atoms with van der Waals surface area (Å²) in [5, 5.41) is 1.10. The summed E-state index contributed by atoms with van der Waals surface area (Å²) < 4.78 is 5.78. The lowest BCUT2D eigenvalue weighted by atomic mass is 10.2. The molecule has 1 aromatic heterocycles. The van der Waals surface area contributed by atoms with Gasteiger partial charge in [0, 0.05) is 5.39 Å². The number of aryl methyl sites for hydroxylation is 1. The first-order valence-corrected chi connectivity index (χ1v) is 6.34. The summed E-state index contributed by atoms with van der Waals surface area (Å²) in [6.07, 6.45) is 1.77. The maximum atomic E-state index is 5.78. The Bertz CT molecular complexity index is 689. The van der Waals surface area contributed by atoms with E-state index in [0.717, 1.165) is 16.7 Å². The fraction of sp³-hybridized carbons (Fsp3) is 0.118. The van der Waals surface area contributed by atoms with Crippen LogP contribution >= 0.6 is 0 Å². The molecule has 0 atom stereocenters. The van der Waals surface area contributed by atoms with Gasteiger partial charge in [-0.1, -0.05) is 48.0 Å². The van der Waals surface area contributed by atoms with Gasteiger partial charge < -0.3 is 4.74 Å². The van der Waals surface area contributed by atoms with E-state index in [1.807, 2.05) is 30.3 Å². The number of para-hydroxylation sites is 1. The molecule has 0 aliphatic carbocycles. The van der Waals surface area contributed by atoms with E-state index in [1.165, 1.54) is 11.1 Å². The molecule has 0 radical (unpaired) electrons. The number of ether oxygens (including phenoxy) is 1. The summed E-state index contributed by atoms with van der Waals surface area (Å²) >= 11 is 0. The van der Waals surface area contributed by atoms with Gasteiger partial charge >= 0.3 is 0 Å². The minimum atomic E-state index is 0.570. The average Bonchev–Trinajstić information content (AvgIpc) is 2.46. The number of aromatic nitrogens is 1. The van der Waals surface area contributed by atoms with Crippen LogP contribution < -0.4 is 4.74 Å². The maximum Gasteiger partial charge on any atom is 0.138 e. The van der Waals surface area contributed by atoms with Gasteiger partial charge in [-0.25, -0.2) is 0 Å². The van der Waals surface area contributed by atoms with E-state index in [4.69, 9.17) is 4.74 Å². The van der Waals surface area contributed by atoms with Crippen molar-refractivity contribution in [1.82, 2.24) is 4.98 Å². The Hall–Kier alpha value is -2.35. The number of benzene rings is 2. The molecule has 0 fully saturated rings. The Morgan fingerprint density at radius 3 is 2.63 bits per heavy atom. The van der Waals surface area contributed by atoms with Gasteiger partial charge in [0.1, 0.15) is 12.4 Å². The van der Waals surface area contributed by atoms with E-state index in [1.54, 1.807) is 6.20 Å². The maximum absolute atomic E-state index is 5.78. The van der Waals surface area contributed by atoms with Gasteiger partial charge in [0.05, 0.1) is 11.7 Å². The van der Waals surface area contributed by atoms with Gasteiger partial charge in [0.15, 0.2) is 0 Å². The summed E-state index contributed by atoms with van der Waals surface area (Å²) in [6, 6.07) is 18.4. The van der Waals surface area contributed by atoms with Crippen LogP contribution in [0.2, 0.25) is 0 Å². The molecule has 0 N–H and O–H groups in total. The van der Waals surface area contributed by atoms with Crippen LogP contribution in [0.25, 0.3) is 10.9 Å². The highest BCUT2D eigenvalue weighted by Crippen LogP contribution is 2.18. The average molecular weight is 249 g/mol. The van der Waals surface area contributed by atoms with Crippen LogP contribution in [0.5, 0.6) is 5.75 Å². The van der Waals surface area contributed by atoms with Gasteiger partial charge in [0.25, 0.3) is 0 Å². The third-order valence-corrected chi connectivity index (χ3v) is 3.09. The zero-order valence-corrected chi connectivity index (χ0v) is 10.8. The Balaban J connectivity index is 1.76. The molecule has 0 spiro atoms. The van der Waals surface area contributed by atoms with Crippen molar-refractivity contribution < 1.29 is 4.74 Å². The van der Waals surface area contributed by atoms with Crippen LogP contribution in [-0.2, 0) is 6.61 Å². The molecular weight excluding hydrogens is 234 g/mol. The normalized spacial score (nSPS) is 10.6. The SMILES string of the molecule is Cc1ccc(COc2cnc3ccccc3c2)cc1. The molecular formula is C17H15NO. The standard InChI is InChI=1S/C17H15NO/c1-13-6-8-14(9-7-13)12-19-16-10-15-4-2-3-5-17(15)18-11-16/h2-11H,12H2,1H3. The number of fused-ring (bicyclic) bond motifs is 1. The topological polar surface area (TPSA) is 22.1 Å². The molecule has 0 saturated carbocycles. The highest BCUT2D eigenvalue weighted by Gasteiger charge is 1.99. The third kappa shape index (κ3) is 2.74. The van der Waals surface area contributed by atoms with E-state index >= 15 is 0 Å². The minimum Gasteiger partial charge on any atom is -0.487 e. The number of nitrogens with zero attached hydrogens (tertiary/aromatic N) is 1. The molecule has 0 aliphatic rings. The van der Waals surface area contributed by atoms with Crippen LogP contribution in [0.3, 0.4) is 0 Å². The zero-order valence-electron chi connectivity index (χ0n) is 10.8. The Morgan fingerprint density at radius 1 is 1.00 bits per heavy atom. The predicted molar refractivity (Wildman–Crippen MR) is 77.3 cm³/mol. The molecule has 94 valence electrons. The Labute approximate surface area is 112 Å². The lowest BCUT2D eigenvalue weighted by molar-refractivity contribution is 0.305. The molecule has 1 heterocycles. The first kappa shape index (κ1) is 11.7. The first-order valence-electron chi connectivity index (χ1n) is 6.34. The lowest BCUT2D eigenvalue weighted by Gasteiger charge is -2.07. The Morgan fingerprint density at radius 2 is 1.79 bits per heavy atom. The number of hydrogen-bond acceptors (Lipinski definition) is 2. The largest absolute Gasteiger partial charge is 0.487 e. The third-order valence-electron chi connectivity index (χ3n) is 3.09. The van der Waals surface area contributed by atoms with E-state index < -0.39 is 0 Å². The van der Waals surface area contributed by atoms with Crippen molar-refractivity contribution in [1.29, 1.82) is 0 Å². The van der Waals surface area contributed by atoms with Gasteiger partial charge in [-0.15, -0.1) is 0 Å². The van der Waals surface area contributed by atoms with E-state index in [0.29, 0.717) is 6.61 Å². The lowest BCUT2D eigenvalue weighted by Crippen LogP contribution is -1.95. The molecule has 2 heteroatoms. The molecule has 19 heavy (non-hydrogen) atoms. The fourth-order valence-electron chi connectivity index (χ4n) is 1.98. The molecule has 0 unspecified atom stereocenters. The van der Waals surface area contributed by atoms with Crippen LogP contribution in [-0.4, -0.2) is 4.98 Å². The molecule has 0 saturated heterocycles. The van der Waals surface area contributed by atoms with Crippen LogP contribution in [0.15, 0.2) is 60.8 Å². The molecule has 2 aromatic carbocycles. The predicted octanol–water partition coefficient (Wildman–Crippen LogP) is 4.12. The second kappa shape index (κ2) is 5.11. The molecule has 0 bridgehead atoms. The van der Waals surface area contributed by atoms with E-state index in [2.05, 4.69) is 36.2 Å². The fourth-order valence-corrected chi connectivity index (χ4v) is 1.98. The van der Waals surface area contributed by atoms with Crippen molar-refractivity contribution in [2.75, 3.05) is 0 Å². The summed E-state index contributed by atoms with van der Waals surface area (Å²) in [6.45, 7) is 2.65. The molecule has 0 amide bonds. The second-order valence-electron chi connectivity index (χ2n) is 4.64. The summed E-state index contributed by atoms with van der Waals surface area (Å²) in [4.78, 5) is 4.38. The Kier molecular flexibility index (Phi) is 3.15. The van der Waals surface area contributed by atoms with Crippen molar-refractivity contribution in [3.05, 3.63) is 71.9 Å². The van der Waals surface area contributed by atoms with Crippen molar-refractivity contribution in [2.45, 2.75) is 13.5 Å². The summed E-state index contributed by atoms with van der Waals surface area (Å²) in [7, 11) is 0. The molecule has 3 aromatic rings. The highest BCUT2D eigenvalue weighted by atomic mass is 16.5. The van der Waals surface area contributed by atoms with Gasteiger partial charge in [0.2, 0.25) is 0 Å². The summed E-state index contributed by atoms with van der Waals surface area (Å²) in [5.74, 6) is 0.805. The highest BCUT2D eigenvalue weighted by molar-refractivity contribution is 5.79. The van der Waals surface area contributed by atoms with Gasteiger partial charge in [-0.05, 0) is 24.6 Å². The number of pyridine rings is 1. The second-order valence-corrected chi connectivity index (χ2v) is 4.64. The quantitative estimate of drug-likeness (QED) is 0.696. The molecule has 3 rings (SSSR count). The van der Waals surface area contributed by atoms with Crippen molar-refractivity contribution >= 4 is 10.9 Å². The van der Waals surface area contributed by atoms with Crippen LogP contribution in [0.4, 0.5) is 0 Å². The number of rotatable bonds is 3. The monoisotopic (exact) mass is 249 g/mol. The first-order chi connectivity index (χ1) is 9.31. The van der Waals surface area contributed by atoms with Gasteiger partial charge in [-0.3, -0.25) is 4.98 Å². The summed E-state index contributed by atoms with van der Waals surface area (Å²) in [5.41, 5.74) is 3.42. The van der Waals surface area contributed by atoms with E-state index in [9.17, 15) is 0 Å². The smallest absolute Gasteiger partial charge is 0.138 e. The van der Waals surface area contributed by atoms with Crippen molar-refractivity contribution in [3.63, 3.8) is 0 Å². The zero-order chi connectivity index (χ0) is 13.1. The van der Waals surface area contributed by atoms with Crippen molar-refractivity contribution in [3.8, 4) is 5.75 Å². The van der Waals surface area contributed by atoms with Crippen molar-refractivity contribution in [2.24, 2.45) is 0 Å². The minimum absolute atomic E-state index is 0.570. The molecule has 2 nitrogen and oxygen atoms in total. The van der Waals surface area contributed by atoms with Gasteiger partial charge in [-0.2, -0.15) is 0 Å². The molecule has 0 aliphatic heterocycles.